The monoisotopic (exact) mass is 263 g/mol. The maximum Gasteiger partial charge on any atom is 0.123 e. The van der Waals surface area contributed by atoms with Gasteiger partial charge in [0.25, 0.3) is 0 Å². The molecule has 0 heterocycles. The Balaban J connectivity index is 1.84. The van der Waals surface area contributed by atoms with E-state index in [4.69, 9.17) is 15.2 Å². The van der Waals surface area contributed by atoms with Gasteiger partial charge in [-0.05, 0) is 37.8 Å². The Hall–Kier alpha value is -1.22. The number of ether oxygens (including phenoxy) is 2. The topological polar surface area (TPSA) is 44.5 Å². The minimum atomic E-state index is 0.0357. The van der Waals surface area contributed by atoms with E-state index in [1.54, 1.807) is 0 Å². The Morgan fingerprint density at radius 1 is 1.21 bits per heavy atom. The third-order valence-electron chi connectivity index (χ3n) is 3.69. The van der Waals surface area contributed by atoms with E-state index in [1.807, 2.05) is 31.2 Å². The van der Waals surface area contributed by atoms with Crippen molar-refractivity contribution >= 4 is 0 Å². The van der Waals surface area contributed by atoms with E-state index in [0.29, 0.717) is 6.54 Å². The molecule has 19 heavy (non-hydrogen) atoms. The van der Waals surface area contributed by atoms with Crippen molar-refractivity contribution in [3.63, 3.8) is 0 Å². The zero-order valence-electron chi connectivity index (χ0n) is 11.8. The normalized spacial score (nSPS) is 18.0. The van der Waals surface area contributed by atoms with E-state index in [-0.39, 0.29) is 6.10 Å². The number of nitrogens with two attached hydrogens (primary N) is 1. The molecule has 1 aliphatic rings. The summed E-state index contributed by atoms with van der Waals surface area (Å²) in [5.41, 5.74) is 5.56. The summed E-state index contributed by atoms with van der Waals surface area (Å²) in [5.74, 6) is 2.45. The molecule has 1 aromatic rings. The lowest BCUT2D eigenvalue weighted by Crippen LogP contribution is -2.22. The lowest BCUT2D eigenvalue weighted by molar-refractivity contribution is 0.204. The van der Waals surface area contributed by atoms with Crippen LogP contribution in [-0.4, -0.2) is 19.3 Å². The molecular weight excluding hydrogens is 238 g/mol. The molecule has 1 aliphatic carbocycles. The second kappa shape index (κ2) is 7.39. The van der Waals surface area contributed by atoms with Crippen molar-refractivity contribution in [2.24, 2.45) is 11.7 Å². The zero-order chi connectivity index (χ0) is 13.5. The molecule has 0 radical (unpaired) electrons. The van der Waals surface area contributed by atoms with Crippen LogP contribution in [0.2, 0.25) is 0 Å². The largest absolute Gasteiger partial charge is 0.493 e. The fraction of sp³-hybridized carbons (Fsp3) is 0.625. The van der Waals surface area contributed by atoms with E-state index < -0.39 is 0 Å². The highest BCUT2D eigenvalue weighted by molar-refractivity contribution is 5.33. The minimum absolute atomic E-state index is 0.0357. The first-order valence-corrected chi connectivity index (χ1v) is 7.37. The smallest absolute Gasteiger partial charge is 0.123 e. The van der Waals surface area contributed by atoms with Crippen molar-refractivity contribution in [2.75, 3.05) is 13.2 Å². The first kappa shape index (κ1) is 14.2. The number of benzene rings is 1. The molecule has 3 nitrogen and oxygen atoms in total. The van der Waals surface area contributed by atoms with Gasteiger partial charge >= 0.3 is 0 Å². The summed E-state index contributed by atoms with van der Waals surface area (Å²) in [6.45, 7) is 3.32. The molecular formula is C16H25NO2. The fourth-order valence-electron chi connectivity index (χ4n) is 2.49. The third kappa shape index (κ3) is 4.75. The molecule has 1 saturated carbocycles. The van der Waals surface area contributed by atoms with Gasteiger partial charge in [-0.25, -0.2) is 0 Å². The lowest BCUT2D eigenvalue weighted by Gasteiger charge is -2.22. The van der Waals surface area contributed by atoms with Crippen LogP contribution < -0.4 is 15.2 Å². The van der Waals surface area contributed by atoms with Gasteiger partial charge in [0.2, 0.25) is 0 Å². The van der Waals surface area contributed by atoms with Gasteiger partial charge in [-0.15, -0.1) is 0 Å². The van der Waals surface area contributed by atoms with Gasteiger partial charge in [-0.2, -0.15) is 0 Å². The van der Waals surface area contributed by atoms with E-state index in [9.17, 15) is 0 Å². The highest BCUT2D eigenvalue weighted by Crippen LogP contribution is 2.26. The van der Waals surface area contributed by atoms with Crippen LogP contribution >= 0.6 is 0 Å². The molecule has 2 N–H and O–H groups in total. The molecule has 0 unspecified atom stereocenters. The second-order valence-corrected chi connectivity index (χ2v) is 5.45. The van der Waals surface area contributed by atoms with Crippen LogP contribution in [0.25, 0.3) is 0 Å². The van der Waals surface area contributed by atoms with Crippen LogP contribution in [0.1, 0.15) is 39.0 Å². The molecule has 1 fully saturated rings. The molecule has 2 rings (SSSR count). The average molecular weight is 263 g/mol. The van der Waals surface area contributed by atoms with Crippen LogP contribution in [0, 0.1) is 5.92 Å². The van der Waals surface area contributed by atoms with E-state index in [1.165, 1.54) is 32.1 Å². The molecule has 0 aliphatic heterocycles. The molecule has 0 aromatic heterocycles. The van der Waals surface area contributed by atoms with Crippen molar-refractivity contribution < 1.29 is 9.47 Å². The summed E-state index contributed by atoms with van der Waals surface area (Å²) < 4.78 is 11.6. The van der Waals surface area contributed by atoms with Crippen molar-refractivity contribution in [3.8, 4) is 11.5 Å². The van der Waals surface area contributed by atoms with Gasteiger partial charge in [0.15, 0.2) is 0 Å². The molecule has 3 heteroatoms. The van der Waals surface area contributed by atoms with Gasteiger partial charge in [0.05, 0.1) is 6.61 Å². The maximum atomic E-state index is 5.89. The average Bonchev–Trinajstić information content (AvgIpc) is 2.46. The van der Waals surface area contributed by atoms with E-state index in [0.717, 1.165) is 24.0 Å². The van der Waals surface area contributed by atoms with Gasteiger partial charge in [0.1, 0.15) is 17.6 Å². The SMILES string of the molecule is C[C@H](CN)Oc1cccc(OCC2CCCCC2)c1. The van der Waals surface area contributed by atoms with E-state index in [2.05, 4.69) is 0 Å². The summed E-state index contributed by atoms with van der Waals surface area (Å²) >= 11 is 0. The highest BCUT2D eigenvalue weighted by atomic mass is 16.5. The Morgan fingerprint density at radius 3 is 2.68 bits per heavy atom. The highest BCUT2D eigenvalue weighted by Gasteiger charge is 2.14. The Bertz CT molecular complexity index is 375. The predicted octanol–water partition coefficient (Wildman–Crippen LogP) is 3.37. The predicted molar refractivity (Wildman–Crippen MR) is 77.7 cm³/mol. The van der Waals surface area contributed by atoms with Gasteiger partial charge < -0.3 is 15.2 Å². The van der Waals surface area contributed by atoms with Crippen LogP contribution in [-0.2, 0) is 0 Å². The van der Waals surface area contributed by atoms with Gasteiger partial charge in [0, 0.05) is 12.6 Å². The van der Waals surface area contributed by atoms with Crippen molar-refractivity contribution in [1.82, 2.24) is 0 Å². The Labute approximate surface area is 116 Å². The van der Waals surface area contributed by atoms with Crippen LogP contribution in [0.15, 0.2) is 24.3 Å². The van der Waals surface area contributed by atoms with Crippen molar-refractivity contribution in [1.29, 1.82) is 0 Å². The lowest BCUT2D eigenvalue weighted by atomic mass is 9.90. The molecule has 0 bridgehead atoms. The number of rotatable bonds is 6. The molecule has 1 atom stereocenters. The summed E-state index contributed by atoms with van der Waals surface area (Å²) in [6, 6.07) is 7.85. The first-order valence-electron chi connectivity index (χ1n) is 7.37. The van der Waals surface area contributed by atoms with Crippen molar-refractivity contribution in [2.45, 2.75) is 45.1 Å². The standard InChI is InChI=1S/C16H25NO2/c1-13(11-17)19-16-9-5-8-15(10-16)18-12-14-6-3-2-4-7-14/h5,8-10,13-14H,2-4,6-7,11-12,17H2,1H3/t13-/m1/s1. The van der Waals surface area contributed by atoms with Crippen LogP contribution in [0.4, 0.5) is 0 Å². The third-order valence-corrected chi connectivity index (χ3v) is 3.69. The van der Waals surface area contributed by atoms with Crippen LogP contribution in [0.5, 0.6) is 11.5 Å². The number of hydrogen-bond acceptors (Lipinski definition) is 3. The van der Waals surface area contributed by atoms with Crippen LogP contribution in [0.3, 0.4) is 0 Å². The zero-order valence-corrected chi connectivity index (χ0v) is 11.8. The van der Waals surface area contributed by atoms with Gasteiger partial charge in [-0.1, -0.05) is 25.3 Å². The quantitative estimate of drug-likeness (QED) is 0.855. The number of hydrogen-bond donors (Lipinski definition) is 1. The second-order valence-electron chi connectivity index (χ2n) is 5.45. The summed E-state index contributed by atoms with van der Waals surface area (Å²) in [4.78, 5) is 0. The van der Waals surface area contributed by atoms with E-state index >= 15 is 0 Å². The van der Waals surface area contributed by atoms with Gasteiger partial charge in [-0.3, -0.25) is 0 Å². The molecule has 0 amide bonds. The summed E-state index contributed by atoms with van der Waals surface area (Å²) in [6.07, 6.45) is 6.74. The molecule has 0 saturated heterocycles. The molecule has 0 spiro atoms. The molecule has 1 aromatic carbocycles. The molecule has 106 valence electrons. The minimum Gasteiger partial charge on any atom is -0.493 e. The summed E-state index contributed by atoms with van der Waals surface area (Å²) in [5, 5.41) is 0. The Kier molecular flexibility index (Phi) is 5.52. The first-order chi connectivity index (χ1) is 9.28. The maximum absolute atomic E-state index is 5.89. The Morgan fingerprint density at radius 2 is 1.95 bits per heavy atom. The summed E-state index contributed by atoms with van der Waals surface area (Å²) in [7, 11) is 0. The van der Waals surface area contributed by atoms with Crippen molar-refractivity contribution in [3.05, 3.63) is 24.3 Å². The fourth-order valence-corrected chi connectivity index (χ4v) is 2.49.